The highest BCUT2D eigenvalue weighted by atomic mass is 79.9. The highest BCUT2D eigenvalue weighted by molar-refractivity contribution is 9.10. The Morgan fingerprint density at radius 3 is 2.12 bits per heavy atom. The van der Waals surface area contributed by atoms with Crippen molar-refractivity contribution < 1.29 is 27.4 Å². The van der Waals surface area contributed by atoms with Crippen molar-refractivity contribution in [1.82, 2.24) is 0 Å². The van der Waals surface area contributed by atoms with Gasteiger partial charge in [0.05, 0.1) is 18.7 Å². The molecule has 1 aromatic carbocycles. The number of hydrogen-bond donors (Lipinski definition) is 0. The Bertz CT molecular complexity index is 448. The molecule has 1 rings (SSSR count). The molecule has 7 heteroatoms. The third-order valence-corrected chi connectivity index (χ3v) is 2.56. The molecule has 0 N–H and O–H groups in total. The molecule has 0 radical (unpaired) electrons. The van der Waals surface area contributed by atoms with Gasteiger partial charge in [-0.3, -0.25) is 0 Å². The van der Waals surface area contributed by atoms with E-state index in [4.69, 9.17) is 0 Å². The first-order chi connectivity index (χ1) is 7.45. The Balaban J connectivity index is 3.62. The van der Waals surface area contributed by atoms with E-state index in [1.807, 2.05) is 0 Å². The van der Waals surface area contributed by atoms with Crippen molar-refractivity contribution in [3.8, 4) is 5.75 Å². The zero-order chi connectivity index (χ0) is 12.5. The van der Waals surface area contributed by atoms with Crippen LogP contribution in [-0.2, 0) is 4.74 Å². The van der Waals surface area contributed by atoms with Crippen LogP contribution in [0.2, 0.25) is 0 Å². The summed E-state index contributed by atoms with van der Waals surface area (Å²) in [5.74, 6) is -6.36. The van der Waals surface area contributed by atoms with Crippen LogP contribution >= 0.6 is 15.9 Å². The zero-order valence-corrected chi connectivity index (χ0v) is 9.82. The van der Waals surface area contributed by atoms with Gasteiger partial charge in [0.1, 0.15) is 5.56 Å². The smallest absolute Gasteiger partial charge is 0.342 e. The number of hydrogen-bond acceptors (Lipinski definition) is 3. The molecule has 3 nitrogen and oxygen atoms in total. The molecular weight excluding hydrogens is 293 g/mol. The minimum absolute atomic E-state index is 0.643. The van der Waals surface area contributed by atoms with Gasteiger partial charge in [0, 0.05) is 0 Å². The fraction of sp³-hybridized carbons (Fsp3) is 0.222. The van der Waals surface area contributed by atoms with E-state index in [1.165, 1.54) is 0 Å². The molecule has 0 aromatic heterocycles. The van der Waals surface area contributed by atoms with Crippen LogP contribution in [0.15, 0.2) is 4.47 Å². The zero-order valence-electron chi connectivity index (χ0n) is 8.24. The van der Waals surface area contributed by atoms with Crippen LogP contribution in [0, 0.1) is 17.5 Å². The third kappa shape index (κ3) is 1.87. The molecule has 0 spiro atoms. The van der Waals surface area contributed by atoms with E-state index in [0.29, 0.717) is 0 Å². The first kappa shape index (κ1) is 12.8. The molecule has 0 aliphatic heterocycles. The molecule has 0 saturated carbocycles. The number of carbonyl (C=O) groups excluding carboxylic acids is 1. The molecule has 0 heterocycles. The Morgan fingerprint density at radius 1 is 1.12 bits per heavy atom. The Labute approximate surface area is 97.3 Å². The highest BCUT2D eigenvalue weighted by Gasteiger charge is 2.28. The fourth-order valence-corrected chi connectivity index (χ4v) is 1.58. The minimum atomic E-state index is -1.51. The molecule has 0 atom stereocenters. The van der Waals surface area contributed by atoms with Gasteiger partial charge in [-0.1, -0.05) is 0 Å². The van der Waals surface area contributed by atoms with Gasteiger partial charge < -0.3 is 9.47 Å². The molecule has 0 unspecified atom stereocenters. The van der Waals surface area contributed by atoms with E-state index < -0.39 is 39.2 Å². The van der Waals surface area contributed by atoms with Crippen LogP contribution in [0.3, 0.4) is 0 Å². The first-order valence-corrected chi connectivity index (χ1v) is 4.73. The second-order valence-corrected chi connectivity index (χ2v) is 3.45. The molecule has 0 saturated heterocycles. The summed E-state index contributed by atoms with van der Waals surface area (Å²) >= 11 is 2.58. The lowest BCUT2D eigenvalue weighted by molar-refractivity contribution is 0.0592. The molecule has 0 amide bonds. The second kappa shape index (κ2) is 4.73. The van der Waals surface area contributed by atoms with Crippen LogP contribution in [-0.4, -0.2) is 20.2 Å². The molecule has 0 aliphatic carbocycles. The number of ether oxygens (including phenoxy) is 2. The van der Waals surface area contributed by atoms with Crippen LogP contribution in [0.25, 0.3) is 0 Å². The van der Waals surface area contributed by atoms with Crippen LogP contribution in [0.4, 0.5) is 13.2 Å². The Kier molecular flexibility index (Phi) is 3.79. The second-order valence-electron chi connectivity index (χ2n) is 2.66. The van der Waals surface area contributed by atoms with Gasteiger partial charge in [-0.25, -0.2) is 13.6 Å². The summed E-state index contributed by atoms with van der Waals surface area (Å²) in [7, 11) is 1.94. The number of halogens is 4. The fourth-order valence-electron chi connectivity index (χ4n) is 1.07. The molecular formula is C9H6BrF3O3. The summed E-state index contributed by atoms with van der Waals surface area (Å²) in [4.78, 5) is 11.1. The van der Waals surface area contributed by atoms with Crippen molar-refractivity contribution in [2.75, 3.05) is 14.2 Å². The maximum absolute atomic E-state index is 13.5. The van der Waals surface area contributed by atoms with E-state index >= 15 is 0 Å². The van der Waals surface area contributed by atoms with E-state index in [9.17, 15) is 18.0 Å². The minimum Gasteiger partial charge on any atom is -0.491 e. The summed E-state index contributed by atoms with van der Waals surface area (Å²) in [6.07, 6.45) is 0. The van der Waals surface area contributed by atoms with Crippen LogP contribution in [0.5, 0.6) is 5.75 Å². The van der Waals surface area contributed by atoms with Gasteiger partial charge in [-0.2, -0.15) is 4.39 Å². The van der Waals surface area contributed by atoms with Crippen molar-refractivity contribution >= 4 is 21.9 Å². The van der Waals surface area contributed by atoms with Crippen LogP contribution in [0.1, 0.15) is 10.4 Å². The van der Waals surface area contributed by atoms with E-state index in [0.717, 1.165) is 14.2 Å². The molecule has 88 valence electrons. The summed E-state index contributed by atoms with van der Waals surface area (Å²) in [5.41, 5.74) is -0.752. The van der Waals surface area contributed by atoms with Gasteiger partial charge >= 0.3 is 5.97 Å². The summed E-state index contributed by atoms with van der Waals surface area (Å²) in [5, 5.41) is 0. The van der Waals surface area contributed by atoms with Crippen molar-refractivity contribution in [2.45, 2.75) is 0 Å². The number of rotatable bonds is 2. The molecule has 0 bridgehead atoms. The Morgan fingerprint density at radius 2 is 1.69 bits per heavy atom. The average molecular weight is 299 g/mol. The predicted octanol–water partition coefficient (Wildman–Crippen LogP) is 2.66. The van der Waals surface area contributed by atoms with E-state index in [1.54, 1.807) is 0 Å². The normalized spacial score (nSPS) is 10.1. The van der Waals surface area contributed by atoms with Gasteiger partial charge in [0.2, 0.25) is 5.82 Å². The number of esters is 1. The number of benzene rings is 1. The first-order valence-electron chi connectivity index (χ1n) is 3.93. The van der Waals surface area contributed by atoms with Gasteiger partial charge in [0.15, 0.2) is 17.4 Å². The summed E-state index contributed by atoms with van der Waals surface area (Å²) in [6, 6.07) is 0. The molecule has 16 heavy (non-hydrogen) atoms. The standard InChI is InChI=1S/C9H6BrF3O3/c1-15-8-5(11)3(9(14)16-2)4(10)6(12)7(8)13/h1-2H3. The number of carbonyl (C=O) groups is 1. The number of methoxy groups -OCH3 is 2. The SMILES string of the molecule is COC(=O)c1c(F)c(OC)c(F)c(F)c1Br. The highest BCUT2D eigenvalue weighted by Crippen LogP contribution is 2.34. The van der Waals surface area contributed by atoms with Gasteiger partial charge in [-0.15, -0.1) is 0 Å². The van der Waals surface area contributed by atoms with Crippen molar-refractivity contribution in [3.63, 3.8) is 0 Å². The van der Waals surface area contributed by atoms with Gasteiger partial charge in [0.25, 0.3) is 0 Å². The lowest BCUT2D eigenvalue weighted by Gasteiger charge is -2.10. The quantitative estimate of drug-likeness (QED) is 0.478. The van der Waals surface area contributed by atoms with Crippen molar-refractivity contribution in [2.24, 2.45) is 0 Å². The van der Waals surface area contributed by atoms with Crippen molar-refractivity contribution in [3.05, 3.63) is 27.5 Å². The van der Waals surface area contributed by atoms with E-state index in [2.05, 4.69) is 25.4 Å². The average Bonchev–Trinajstić information content (AvgIpc) is 2.27. The van der Waals surface area contributed by atoms with Gasteiger partial charge in [-0.05, 0) is 15.9 Å². The maximum Gasteiger partial charge on any atom is 0.342 e. The van der Waals surface area contributed by atoms with Crippen molar-refractivity contribution in [1.29, 1.82) is 0 Å². The Hall–Kier alpha value is -1.24. The lowest BCUT2D eigenvalue weighted by atomic mass is 10.2. The monoisotopic (exact) mass is 298 g/mol. The predicted molar refractivity (Wildman–Crippen MR) is 51.9 cm³/mol. The summed E-state index contributed by atoms with van der Waals surface area (Å²) < 4.78 is 47.9. The topological polar surface area (TPSA) is 35.5 Å². The maximum atomic E-state index is 13.5. The third-order valence-electron chi connectivity index (χ3n) is 1.82. The van der Waals surface area contributed by atoms with Crippen LogP contribution < -0.4 is 4.74 Å². The summed E-state index contributed by atoms with van der Waals surface area (Å²) in [6.45, 7) is 0. The lowest BCUT2D eigenvalue weighted by Crippen LogP contribution is -2.10. The molecule has 1 aromatic rings. The largest absolute Gasteiger partial charge is 0.491 e. The molecule has 0 aliphatic rings. The molecule has 0 fully saturated rings. The van der Waals surface area contributed by atoms with E-state index in [-0.39, 0.29) is 0 Å².